The van der Waals surface area contributed by atoms with E-state index in [1.54, 1.807) is 6.20 Å². The van der Waals surface area contributed by atoms with Gasteiger partial charge < -0.3 is 9.09 Å². The summed E-state index contributed by atoms with van der Waals surface area (Å²) < 4.78 is 7.62. The van der Waals surface area contributed by atoms with E-state index >= 15 is 0 Å². The molecule has 24 heavy (non-hydrogen) atoms. The Balaban J connectivity index is 1.53. The van der Waals surface area contributed by atoms with Crippen LogP contribution < -0.4 is 0 Å². The van der Waals surface area contributed by atoms with Crippen LogP contribution in [-0.2, 0) is 6.54 Å². The third kappa shape index (κ3) is 3.25. The molecule has 5 nitrogen and oxygen atoms in total. The van der Waals surface area contributed by atoms with Gasteiger partial charge in [-0.05, 0) is 30.4 Å². The molecule has 2 atom stereocenters. The summed E-state index contributed by atoms with van der Waals surface area (Å²) in [7, 11) is 0. The van der Waals surface area contributed by atoms with Gasteiger partial charge >= 0.3 is 0 Å². The minimum atomic E-state index is 0.420. The Morgan fingerprint density at radius 2 is 2.25 bits per heavy atom. The number of aromatic nitrogens is 4. The molecule has 0 N–H and O–H groups in total. The van der Waals surface area contributed by atoms with Crippen molar-refractivity contribution in [3.63, 3.8) is 0 Å². The highest BCUT2D eigenvalue weighted by Gasteiger charge is 2.25. The first kappa shape index (κ1) is 15.1. The molecule has 0 aliphatic heterocycles. The van der Waals surface area contributed by atoms with E-state index in [2.05, 4.69) is 34.2 Å². The Morgan fingerprint density at radius 1 is 1.29 bits per heavy atom. The summed E-state index contributed by atoms with van der Waals surface area (Å²) in [4.78, 5) is 8.76. The first-order valence-corrected chi connectivity index (χ1v) is 8.66. The van der Waals surface area contributed by atoms with E-state index in [1.807, 2.05) is 29.2 Å². The Kier molecular flexibility index (Phi) is 4.15. The lowest BCUT2D eigenvalue weighted by molar-refractivity contribution is 0.276. The van der Waals surface area contributed by atoms with Gasteiger partial charge in [0.15, 0.2) is 0 Å². The molecule has 3 aromatic rings. The van der Waals surface area contributed by atoms with Crippen molar-refractivity contribution in [1.82, 2.24) is 19.7 Å². The second-order valence-electron chi connectivity index (χ2n) is 6.86. The van der Waals surface area contributed by atoms with Crippen molar-refractivity contribution < 1.29 is 4.52 Å². The third-order valence-electron chi connectivity index (χ3n) is 4.84. The first-order chi connectivity index (χ1) is 11.8. The average Bonchev–Trinajstić information content (AvgIpc) is 3.27. The minimum absolute atomic E-state index is 0.420. The Hall–Kier alpha value is -2.43. The molecule has 4 rings (SSSR count). The van der Waals surface area contributed by atoms with E-state index in [0.29, 0.717) is 11.7 Å². The smallest absolute Gasteiger partial charge is 0.230 e. The fourth-order valence-electron chi connectivity index (χ4n) is 3.58. The van der Waals surface area contributed by atoms with Crippen LogP contribution >= 0.6 is 0 Å². The topological polar surface area (TPSA) is 56.7 Å². The summed E-state index contributed by atoms with van der Waals surface area (Å²) in [5.74, 6) is 2.66. The zero-order valence-electron chi connectivity index (χ0n) is 13.9. The van der Waals surface area contributed by atoms with Crippen LogP contribution in [0.2, 0.25) is 0 Å². The summed E-state index contributed by atoms with van der Waals surface area (Å²) >= 11 is 0. The molecule has 2 aromatic heterocycles. The monoisotopic (exact) mass is 322 g/mol. The van der Waals surface area contributed by atoms with Gasteiger partial charge in [0.2, 0.25) is 11.7 Å². The standard InChI is InChI=1S/C19H22N4O/c1-14-4-2-7-17(10-14)19-21-18(22-24-19)16-6-3-5-15(11-16)12-23-9-8-20-13-23/h3,5-6,8-9,11,13-14,17H,2,4,7,10,12H2,1H3. The summed E-state index contributed by atoms with van der Waals surface area (Å²) in [5.41, 5.74) is 2.20. The van der Waals surface area contributed by atoms with E-state index in [-0.39, 0.29) is 0 Å². The molecule has 1 fully saturated rings. The molecule has 0 spiro atoms. The summed E-state index contributed by atoms with van der Waals surface area (Å²) in [6.45, 7) is 3.10. The lowest BCUT2D eigenvalue weighted by Crippen LogP contribution is -2.11. The van der Waals surface area contributed by atoms with E-state index in [1.165, 1.54) is 18.4 Å². The second-order valence-corrected chi connectivity index (χ2v) is 6.86. The molecule has 0 bridgehead atoms. The predicted molar refractivity (Wildman–Crippen MR) is 91.4 cm³/mol. The predicted octanol–water partition coefficient (Wildman–Crippen LogP) is 4.28. The van der Waals surface area contributed by atoms with Crippen molar-refractivity contribution >= 4 is 0 Å². The van der Waals surface area contributed by atoms with Crippen LogP contribution in [-0.4, -0.2) is 19.7 Å². The molecule has 1 aromatic carbocycles. The molecular weight excluding hydrogens is 300 g/mol. The summed E-state index contributed by atoms with van der Waals surface area (Å²) in [6.07, 6.45) is 10.5. The highest BCUT2D eigenvalue weighted by Crippen LogP contribution is 2.35. The molecular formula is C19H22N4O. The van der Waals surface area contributed by atoms with Gasteiger partial charge in [-0.25, -0.2) is 4.98 Å². The van der Waals surface area contributed by atoms with Crippen LogP contribution in [0.3, 0.4) is 0 Å². The van der Waals surface area contributed by atoms with E-state index in [9.17, 15) is 0 Å². The second kappa shape index (κ2) is 6.59. The lowest BCUT2D eigenvalue weighted by Gasteiger charge is -2.23. The minimum Gasteiger partial charge on any atom is -0.339 e. The fraction of sp³-hybridized carbons (Fsp3) is 0.421. The van der Waals surface area contributed by atoms with Crippen molar-refractivity contribution in [1.29, 1.82) is 0 Å². The Labute approximate surface area is 141 Å². The zero-order chi connectivity index (χ0) is 16.4. The van der Waals surface area contributed by atoms with E-state index in [4.69, 9.17) is 4.52 Å². The van der Waals surface area contributed by atoms with Gasteiger partial charge in [-0.15, -0.1) is 0 Å². The fourth-order valence-corrected chi connectivity index (χ4v) is 3.58. The van der Waals surface area contributed by atoms with Gasteiger partial charge in [-0.3, -0.25) is 0 Å². The quantitative estimate of drug-likeness (QED) is 0.719. The van der Waals surface area contributed by atoms with Crippen LogP contribution in [0.1, 0.15) is 50.0 Å². The van der Waals surface area contributed by atoms with Crippen molar-refractivity contribution in [3.8, 4) is 11.4 Å². The largest absolute Gasteiger partial charge is 0.339 e. The number of imidazole rings is 1. The molecule has 5 heteroatoms. The molecule has 0 radical (unpaired) electrons. The third-order valence-corrected chi connectivity index (χ3v) is 4.84. The van der Waals surface area contributed by atoms with Crippen LogP contribution in [0.4, 0.5) is 0 Å². The molecule has 1 aliphatic rings. The number of hydrogen-bond acceptors (Lipinski definition) is 4. The lowest BCUT2D eigenvalue weighted by atomic mass is 9.82. The van der Waals surface area contributed by atoms with Crippen LogP contribution in [0.5, 0.6) is 0 Å². The molecule has 0 saturated heterocycles. The van der Waals surface area contributed by atoms with Crippen LogP contribution in [0, 0.1) is 5.92 Å². The Bertz CT molecular complexity index is 793. The van der Waals surface area contributed by atoms with Crippen molar-refractivity contribution in [2.45, 2.75) is 45.1 Å². The van der Waals surface area contributed by atoms with Crippen molar-refractivity contribution in [3.05, 3.63) is 54.4 Å². The Morgan fingerprint density at radius 3 is 3.08 bits per heavy atom. The van der Waals surface area contributed by atoms with Gasteiger partial charge in [0, 0.05) is 30.4 Å². The summed E-state index contributed by atoms with van der Waals surface area (Å²) in [6, 6.07) is 8.31. The number of hydrogen-bond donors (Lipinski definition) is 0. The maximum atomic E-state index is 5.58. The SMILES string of the molecule is CC1CCCC(c2nc(-c3cccc(Cn4ccnc4)c3)no2)C1. The highest BCUT2D eigenvalue weighted by atomic mass is 16.5. The van der Waals surface area contributed by atoms with Crippen LogP contribution in [0.15, 0.2) is 47.5 Å². The van der Waals surface area contributed by atoms with Crippen molar-refractivity contribution in [2.24, 2.45) is 5.92 Å². The highest BCUT2D eigenvalue weighted by molar-refractivity contribution is 5.55. The summed E-state index contributed by atoms with van der Waals surface area (Å²) in [5, 5.41) is 4.22. The molecule has 0 amide bonds. The van der Waals surface area contributed by atoms with Gasteiger partial charge in [0.25, 0.3) is 0 Å². The average molecular weight is 322 g/mol. The van der Waals surface area contributed by atoms with Crippen LogP contribution in [0.25, 0.3) is 11.4 Å². The molecule has 2 unspecified atom stereocenters. The molecule has 1 aliphatic carbocycles. The van der Waals surface area contributed by atoms with Gasteiger partial charge in [-0.1, -0.05) is 43.1 Å². The van der Waals surface area contributed by atoms with Gasteiger partial charge in [-0.2, -0.15) is 4.98 Å². The molecule has 2 heterocycles. The number of benzene rings is 1. The number of nitrogens with zero attached hydrogens (tertiary/aromatic N) is 4. The van der Waals surface area contributed by atoms with Gasteiger partial charge in [0.05, 0.1) is 6.33 Å². The normalized spacial score (nSPS) is 21.0. The number of rotatable bonds is 4. The maximum Gasteiger partial charge on any atom is 0.230 e. The molecule has 124 valence electrons. The zero-order valence-corrected chi connectivity index (χ0v) is 13.9. The van der Waals surface area contributed by atoms with Crippen molar-refractivity contribution in [2.75, 3.05) is 0 Å². The first-order valence-electron chi connectivity index (χ1n) is 8.66. The van der Waals surface area contributed by atoms with E-state index < -0.39 is 0 Å². The van der Waals surface area contributed by atoms with E-state index in [0.717, 1.165) is 36.8 Å². The maximum absolute atomic E-state index is 5.58. The van der Waals surface area contributed by atoms with Gasteiger partial charge in [0.1, 0.15) is 0 Å². The molecule has 1 saturated carbocycles.